The van der Waals surface area contributed by atoms with Gasteiger partial charge in [-0.3, -0.25) is 0 Å². The van der Waals surface area contributed by atoms with Crippen molar-refractivity contribution in [1.82, 2.24) is 20.1 Å². The quantitative estimate of drug-likeness (QED) is 0.805. The van der Waals surface area contributed by atoms with Crippen molar-refractivity contribution < 1.29 is 8.81 Å². The maximum absolute atomic E-state index is 13.8. The van der Waals surface area contributed by atoms with Crippen molar-refractivity contribution in [2.75, 3.05) is 0 Å². The Balaban J connectivity index is 1.40. The maximum Gasteiger partial charge on any atom is 0.138 e. The number of furan rings is 1. The molecule has 0 saturated carbocycles. The lowest BCUT2D eigenvalue weighted by Gasteiger charge is -2.23. The highest BCUT2D eigenvalue weighted by molar-refractivity contribution is 5.58. The highest BCUT2D eigenvalue weighted by atomic mass is 19.1. The van der Waals surface area contributed by atoms with Gasteiger partial charge in [0.05, 0.1) is 18.7 Å². The van der Waals surface area contributed by atoms with Gasteiger partial charge in [0.2, 0.25) is 0 Å². The molecular weight excluding hydrogens is 295 g/mol. The predicted molar refractivity (Wildman–Crippen MR) is 83.1 cm³/mol. The summed E-state index contributed by atoms with van der Waals surface area (Å²) < 4.78 is 21.5. The number of hydrogen-bond donors (Lipinski definition) is 1. The Kier molecular flexibility index (Phi) is 3.67. The van der Waals surface area contributed by atoms with Crippen LogP contribution in [-0.2, 0) is 19.5 Å². The molecule has 3 aromatic rings. The second-order valence-corrected chi connectivity index (χ2v) is 5.72. The molecule has 0 bridgehead atoms. The number of nitrogens with one attached hydrogen (secondary N) is 1. The molecule has 1 aliphatic heterocycles. The van der Waals surface area contributed by atoms with Crippen LogP contribution in [0.25, 0.3) is 11.3 Å². The van der Waals surface area contributed by atoms with Crippen molar-refractivity contribution in [3.8, 4) is 11.3 Å². The minimum Gasteiger partial charge on any atom is -0.460 e. The Hall–Kier alpha value is -2.47. The standard InChI is InChI=1S/C17H17FN4O/c18-15-4-2-1-3-14(15)16-7-6-13(23-16)9-19-12-5-8-17-20-11-21-22(17)10-12/h1-4,6-7,11-12,19H,5,8-10H2/t12-/m1/s1. The van der Waals surface area contributed by atoms with E-state index in [-0.39, 0.29) is 5.82 Å². The van der Waals surface area contributed by atoms with Crippen molar-refractivity contribution in [1.29, 1.82) is 0 Å². The Morgan fingerprint density at radius 2 is 2.17 bits per heavy atom. The molecule has 0 aliphatic carbocycles. The highest BCUT2D eigenvalue weighted by Crippen LogP contribution is 2.24. The first-order valence-electron chi connectivity index (χ1n) is 7.73. The average molecular weight is 312 g/mol. The lowest BCUT2D eigenvalue weighted by atomic mass is 10.1. The monoisotopic (exact) mass is 312 g/mol. The van der Waals surface area contributed by atoms with E-state index in [1.165, 1.54) is 6.07 Å². The summed E-state index contributed by atoms with van der Waals surface area (Å²) in [6.45, 7) is 1.43. The number of benzene rings is 1. The second-order valence-electron chi connectivity index (χ2n) is 5.72. The summed E-state index contributed by atoms with van der Waals surface area (Å²) in [6, 6.07) is 10.7. The van der Waals surface area contributed by atoms with Crippen LogP contribution in [0.2, 0.25) is 0 Å². The summed E-state index contributed by atoms with van der Waals surface area (Å²) >= 11 is 0. The molecule has 0 unspecified atom stereocenters. The molecule has 5 nitrogen and oxygen atoms in total. The fourth-order valence-electron chi connectivity index (χ4n) is 2.93. The molecule has 3 heterocycles. The highest BCUT2D eigenvalue weighted by Gasteiger charge is 2.19. The summed E-state index contributed by atoms with van der Waals surface area (Å²) in [7, 11) is 0. The zero-order valence-corrected chi connectivity index (χ0v) is 12.6. The molecule has 0 radical (unpaired) electrons. The third-order valence-electron chi connectivity index (χ3n) is 4.17. The summed E-state index contributed by atoms with van der Waals surface area (Å²) in [5.74, 6) is 2.13. The smallest absolute Gasteiger partial charge is 0.138 e. The van der Waals surface area contributed by atoms with Crippen LogP contribution in [0, 0.1) is 5.82 Å². The molecule has 23 heavy (non-hydrogen) atoms. The van der Waals surface area contributed by atoms with E-state index in [0.717, 1.165) is 31.0 Å². The van der Waals surface area contributed by atoms with Gasteiger partial charge in [-0.05, 0) is 30.7 Å². The molecule has 1 aromatic carbocycles. The van der Waals surface area contributed by atoms with E-state index in [2.05, 4.69) is 15.4 Å². The van der Waals surface area contributed by atoms with Gasteiger partial charge in [-0.1, -0.05) is 12.1 Å². The first kappa shape index (κ1) is 14.1. The van der Waals surface area contributed by atoms with E-state index in [0.29, 0.717) is 23.9 Å². The van der Waals surface area contributed by atoms with Crippen LogP contribution >= 0.6 is 0 Å². The van der Waals surface area contributed by atoms with Crippen molar-refractivity contribution in [3.05, 3.63) is 60.1 Å². The summed E-state index contributed by atoms with van der Waals surface area (Å²) in [5, 5.41) is 7.69. The summed E-state index contributed by atoms with van der Waals surface area (Å²) in [6.07, 6.45) is 3.56. The van der Waals surface area contributed by atoms with E-state index >= 15 is 0 Å². The first-order chi connectivity index (χ1) is 11.3. The van der Waals surface area contributed by atoms with Crippen molar-refractivity contribution in [2.24, 2.45) is 0 Å². The van der Waals surface area contributed by atoms with Gasteiger partial charge in [0, 0.05) is 12.5 Å². The predicted octanol–water partition coefficient (Wildman–Crippen LogP) is 2.78. The van der Waals surface area contributed by atoms with Crippen LogP contribution in [0.3, 0.4) is 0 Å². The molecule has 0 amide bonds. The van der Waals surface area contributed by atoms with Crippen LogP contribution in [0.4, 0.5) is 4.39 Å². The maximum atomic E-state index is 13.8. The molecule has 0 fully saturated rings. The first-order valence-corrected chi connectivity index (χ1v) is 7.73. The number of fused-ring (bicyclic) bond motifs is 1. The van der Waals surface area contributed by atoms with Gasteiger partial charge < -0.3 is 9.73 Å². The molecule has 1 aliphatic rings. The van der Waals surface area contributed by atoms with Crippen LogP contribution in [0.5, 0.6) is 0 Å². The van der Waals surface area contributed by atoms with E-state index in [1.54, 1.807) is 24.5 Å². The molecular formula is C17H17FN4O. The van der Waals surface area contributed by atoms with Gasteiger partial charge in [0.25, 0.3) is 0 Å². The summed E-state index contributed by atoms with van der Waals surface area (Å²) in [4.78, 5) is 4.22. The average Bonchev–Trinajstić information content (AvgIpc) is 3.22. The van der Waals surface area contributed by atoms with Gasteiger partial charge in [0.15, 0.2) is 0 Å². The number of rotatable bonds is 4. The van der Waals surface area contributed by atoms with Crippen LogP contribution in [-0.4, -0.2) is 20.8 Å². The van der Waals surface area contributed by atoms with E-state index in [4.69, 9.17) is 4.42 Å². The van der Waals surface area contributed by atoms with E-state index < -0.39 is 0 Å². The third-order valence-corrected chi connectivity index (χ3v) is 4.17. The number of hydrogen-bond acceptors (Lipinski definition) is 4. The minimum absolute atomic E-state index is 0.271. The molecule has 0 spiro atoms. The Bertz CT molecular complexity index is 810. The largest absolute Gasteiger partial charge is 0.460 e. The number of aryl methyl sites for hydroxylation is 1. The lowest BCUT2D eigenvalue weighted by molar-refractivity contribution is 0.345. The molecule has 0 saturated heterocycles. The van der Waals surface area contributed by atoms with Crippen LogP contribution in [0.1, 0.15) is 18.0 Å². The Morgan fingerprint density at radius 1 is 1.26 bits per heavy atom. The SMILES string of the molecule is Fc1ccccc1-c1ccc(CN[C@@H]2CCc3ncnn3C2)o1. The van der Waals surface area contributed by atoms with Crippen LogP contribution < -0.4 is 5.32 Å². The zero-order chi connectivity index (χ0) is 15.6. The van der Waals surface area contributed by atoms with Crippen molar-refractivity contribution in [2.45, 2.75) is 32.0 Å². The molecule has 1 N–H and O–H groups in total. The topological polar surface area (TPSA) is 55.9 Å². The fraction of sp³-hybridized carbons (Fsp3) is 0.294. The Morgan fingerprint density at radius 3 is 3.09 bits per heavy atom. The van der Waals surface area contributed by atoms with E-state index in [9.17, 15) is 4.39 Å². The van der Waals surface area contributed by atoms with Gasteiger partial charge in [0.1, 0.15) is 29.5 Å². The molecule has 6 heteroatoms. The van der Waals surface area contributed by atoms with Crippen molar-refractivity contribution >= 4 is 0 Å². The van der Waals surface area contributed by atoms with Crippen molar-refractivity contribution in [3.63, 3.8) is 0 Å². The third kappa shape index (κ3) is 2.90. The minimum atomic E-state index is -0.271. The fourth-order valence-corrected chi connectivity index (χ4v) is 2.93. The number of aromatic nitrogens is 3. The van der Waals surface area contributed by atoms with Gasteiger partial charge in [-0.2, -0.15) is 5.10 Å². The molecule has 118 valence electrons. The lowest BCUT2D eigenvalue weighted by Crippen LogP contribution is -2.37. The second kappa shape index (κ2) is 5.96. The normalized spacial score (nSPS) is 17.2. The molecule has 1 atom stereocenters. The zero-order valence-electron chi connectivity index (χ0n) is 12.6. The number of nitrogens with zero attached hydrogens (tertiary/aromatic N) is 3. The van der Waals surface area contributed by atoms with Gasteiger partial charge in [-0.25, -0.2) is 14.1 Å². The molecule has 2 aromatic heterocycles. The van der Waals surface area contributed by atoms with Gasteiger partial charge >= 0.3 is 0 Å². The van der Waals surface area contributed by atoms with E-state index in [1.807, 2.05) is 16.8 Å². The molecule has 4 rings (SSSR count). The summed E-state index contributed by atoms with van der Waals surface area (Å²) in [5.41, 5.74) is 0.490. The van der Waals surface area contributed by atoms with Crippen LogP contribution in [0.15, 0.2) is 47.1 Å². The van der Waals surface area contributed by atoms with Gasteiger partial charge in [-0.15, -0.1) is 0 Å². The Labute approximate surface area is 133 Å². The number of halogens is 1.